The third-order valence-corrected chi connectivity index (χ3v) is 1.54. The van der Waals surface area contributed by atoms with Gasteiger partial charge in [0.2, 0.25) is 0 Å². The highest BCUT2D eigenvalue weighted by atomic mass is 16.6. The van der Waals surface area contributed by atoms with Crippen molar-refractivity contribution in [3.05, 3.63) is 4.91 Å². The van der Waals surface area contributed by atoms with Crippen molar-refractivity contribution in [3.8, 4) is 0 Å². The summed E-state index contributed by atoms with van der Waals surface area (Å²) in [5.74, 6) is -0.841. The molecule has 4 N–H and O–H groups in total. The molecular formula is C6H14N2O4. The van der Waals surface area contributed by atoms with Crippen molar-refractivity contribution in [1.82, 2.24) is 0 Å². The lowest BCUT2D eigenvalue weighted by atomic mass is 10.0. The Kier molecular flexibility index (Phi) is 8.87. The SMILES string of the molecule is CC[C@H](C)[C@H](N)C(=O)O.O=NO. The van der Waals surface area contributed by atoms with Gasteiger partial charge in [-0.2, -0.15) is 0 Å². The van der Waals surface area contributed by atoms with Gasteiger partial charge in [-0.3, -0.25) is 4.79 Å². The van der Waals surface area contributed by atoms with Gasteiger partial charge in [0.05, 0.1) is 0 Å². The molecule has 0 rings (SSSR count). The third kappa shape index (κ3) is 6.94. The van der Waals surface area contributed by atoms with Gasteiger partial charge in [-0.1, -0.05) is 20.3 Å². The molecule has 0 unspecified atom stereocenters. The van der Waals surface area contributed by atoms with Crippen LogP contribution >= 0.6 is 0 Å². The van der Waals surface area contributed by atoms with Crippen molar-refractivity contribution in [2.45, 2.75) is 26.3 Å². The van der Waals surface area contributed by atoms with Gasteiger partial charge < -0.3 is 16.0 Å². The van der Waals surface area contributed by atoms with Crippen LogP contribution in [0.25, 0.3) is 0 Å². The molecule has 12 heavy (non-hydrogen) atoms. The normalized spacial score (nSPS) is 13.6. The van der Waals surface area contributed by atoms with Gasteiger partial charge in [-0.25, -0.2) is 0 Å². The zero-order valence-electron chi connectivity index (χ0n) is 7.10. The van der Waals surface area contributed by atoms with Gasteiger partial charge in [0.25, 0.3) is 0 Å². The van der Waals surface area contributed by atoms with E-state index in [-0.39, 0.29) is 5.92 Å². The fraction of sp³-hybridized carbons (Fsp3) is 0.833. The van der Waals surface area contributed by atoms with E-state index in [0.29, 0.717) is 0 Å². The minimum atomic E-state index is -0.913. The number of nitrogens with two attached hydrogens (primary N) is 1. The second kappa shape index (κ2) is 7.93. The van der Waals surface area contributed by atoms with E-state index in [1.807, 2.05) is 13.8 Å². The van der Waals surface area contributed by atoms with Crippen LogP contribution in [-0.4, -0.2) is 22.3 Å². The van der Waals surface area contributed by atoms with E-state index in [1.54, 1.807) is 0 Å². The van der Waals surface area contributed by atoms with E-state index in [1.165, 1.54) is 5.34 Å². The predicted molar refractivity (Wildman–Crippen MR) is 42.6 cm³/mol. The summed E-state index contributed by atoms with van der Waals surface area (Å²) in [7, 11) is 0. The van der Waals surface area contributed by atoms with Gasteiger partial charge in [-0.15, -0.1) is 4.91 Å². The summed E-state index contributed by atoms with van der Waals surface area (Å²) in [6.07, 6.45) is 0.813. The molecule has 0 fully saturated rings. The van der Waals surface area contributed by atoms with E-state index in [2.05, 4.69) is 0 Å². The molecule has 0 aromatic heterocycles. The van der Waals surface area contributed by atoms with E-state index in [4.69, 9.17) is 21.0 Å². The molecule has 6 heteroatoms. The van der Waals surface area contributed by atoms with Crippen molar-refractivity contribution < 1.29 is 15.1 Å². The maximum absolute atomic E-state index is 10.2. The van der Waals surface area contributed by atoms with E-state index in [0.717, 1.165) is 6.42 Å². The first kappa shape index (κ1) is 13.4. The Bertz CT molecular complexity index is 140. The quantitative estimate of drug-likeness (QED) is 0.432. The molecule has 0 aliphatic heterocycles. The molecule has 0 aliphatic rings. The van der Waals surface area contributed by atoms with Crippen molar-refractivity contribution in [1.29, 1.82) is 0 Å². The molecule has 0 amide bonds. The molecule has 0 radical (unpaired) electrons. The standard InChI is InChI=1S/C6H13NO2.HNO2/c1-3-4(2)5(7)6(8)9;2-1-3/h4-5H,3,7H2,1-2H3,(H,8,9);(H,2,3)/t4-,5-;/m0./s1. The molecule has 0 heterocycles. The van der Waals surface area contributed by atoms with Crippen molar-refractivity contribution in [2.75, 3.05) is 0 Å². The fourth-order valence-electron chi connectivity index (χ4n) is 0.497. The Hall–Kier alpha value is -1.17. The fourth-order valence-corrected chi connectivity index (χ4v) is 0.497. The molecule has 0 spiro atoms. The highest BCUT2D eigenvalue weighted by Crippen LogP contribution is 2.04. The Morgan fingerprint density at radius 1 is 1.67 bits per heavy atom. The topological polar surface area (TPSA) is 113 Å². The lowest BCUT2D eigenvalue weighted by Crippen LogP contribution is -2.36. The molecule has 0 aliphatic carbocycles. The number of carbonyl (C=O) groups is 1. The van der Waals surface area contributed by atoms with Gasteiger partial charge in [0.1, 0.15) is 6.04 Å². The summed E-state index contributed by atoms with van der Waals surface area (Å²) in [5.41, 5.74) is 5.27. The van der Waals surface area contributed by atoms with E-state index < -0.39 is 12.0 Å². The third-order valence-electron chi connectivity index (χ3n) is 1.54. The number of nitrogens with zero attached hydrogens (tertiary/aromatic N) is 1. The van der Waals surface area contributed by atoms with Crippen LogP contribution in [0, 0.1) is 10.8 Å². The largest absolute Gasteiger partial charge is 0.480 e. The second-order valence-electron chi connectivity index (χ2n) is 2.33. The molecule has 72 valence electrons. The molecule has 0 bridgehead atoms. The van der Waals surface area contributed by atoms with Gasteiger partial charge in [0, 0.05) is 0 Å². The Balaban J connectivity index is 0. The predicted octanol–water partition coefficient (Wildman–Crippen LogP) is 0.586. The molecule has 0 saturated carbocycles. The number of rotatable bonds is 3. The number of carboxylic acids is 1. The summed E-state index contributed by atoms with van der Waals surface area (Å²) < 4.78 is 0. The molecular weight excluding hydrogens is 164 g/mol. The monoisotopic (exact) mass is 178 g/mol. The number of aliphatic carboxylic acids is 1. The minimum Gasteiger partial charge on any atom is -0.480 e. The van der Waals surface area contributed by atoms with Crippen LogP contribution in [0.4, 0.5) is 0 Å². The van der Waals surface area contributed by atoms with Crippen LogP contribution in [0.5, 0.6) is 0 Å². The number of carboxylic acid groups (broad SMARTS) is 1. The zero-order valence-corrected chi connectivity index (χ0v) is 7.10. The molecule has 0 saturated heterocycles. The number of hydrogen-bond acceptors (Lipinski definition) is 4. The van der Waals surface area contributed by atoms with E-state index >= 15 is 0 Å². The van der Waals surface area contributed by atoms with Crippen LogP contribution in [0.15, 0.2) is 5.34 Å². The first-order valence-corrected chi connectivity index (χ1v) is 3.46. The molecule has 6 nitrogen and oxygen atoms in total. The van der Waals surface area contributed by atoms with E-state index in [9.17, 15) is 4.79 Å². The number of hydrogen-bond donors (Lipinski definition) is 3. The summed E-state index contributed by atoms with van der Waals surface area (Å²) in [5, 5.41) is 16.2. The average molecular weight is 178 g/mol. The lowest BCUT2D eigenvalue weighted by Gasteiger charge is -2.11. The van der Waals surface area contributed by atoms with Crippen LogP contribution in [-0.2, 0) is 4.79 Å². The van der Waals surface area contributed by atoms with Crippen LogP contribution in [0.1, 0.15) is 20.3 Å². The second-order valence-corrected chi connectivity index (χ2v) is 2.33. The summed E-state index contributed by atoms with van der Waals surface area (Å²) in [6.45, 7) is 3.76. The highest BCUT2D eigenvalue weighted by molar-refractivity contribution is 5.73. The maximum Gasteiger partial charge on any atom is 0.320 e. The summed E-state index contributed by atoms with van der Waals surface area (Å²) in [4.78, 5) is 18.3. The van der Waals surface area contributed by atoms with Crippen molar-refractivity contribution in [3.63, 3.8) is 0 Å². The van der Waals surface area contributed by atoms with Gasteiger partial charge >= 0.3 is 5.97 Å². The Labute approximate surface area is 70.3 Å². The first-order chi connectivity index (χ1) is 5.51. The summed E-state index contributed by atoms with van der Waals surface area (Å²) >= 11 is 0. The lowest BCUT2D eigenvalue weighted by molar-refractivity contribution is -0.139. The molecule has 2 atom stereocenters. The average Bonchev–Trinajstić information content (AvgIpc) is 2.03. The maximum atomic E-state index is 10.2. The van der Waals surface area contributed by atoms with Crippen LogP contribution in [0.2, 0.25) is 0 Å². The van der Waals surface area contributed by atoms with Crippen molar-refractivity contribution in [2.24, 2.45) is 17.0 Å². The Morgan fingerprint density at radius 2 is 2.00 bits per heavy atom. The van der Waals surface area contributed by atoms with Gasteiger partial charge in [0.15, 0.2) is 5.34 Å². The smallest absolute Gasteiger partial charge is 0.320 e. The van der Waals surface area contributed by atoms with Gasteiger partial charge in [-0.05, 0) is 5.92 Å². The molecule has 0 aromatic rings. The van der Waals surface area contributed by atoms with Crippen LogP contribution in [0.3, 0.4) is 0 Å². The van der Waals surface area contributed by atoms with Crippen LogP contribution < -0.4 is 5.73 Å². The Morgan fingerprint density at radius 3 is 2.08 bits per heavy atom. The minimum absolute atomic E-state index is 0.0718. The summed E-state index contributed by atoms with van der Waals surface area (Å²) in [6, 6.07) is -0.699. The highest BCUT2D eigenvalue weighted by Gasteiger charge is 2.17. The zero-order chi connectivity index (χ0) is 10.1. The first-order valence-electron chi connectivity index (χ1n) is 3.46. The molecule has 0 aromatic carbocycles. The van der Waals surface area contributed by atoms with Crippen molar-refractivity contribution >= 4 is 5.97 Å².